The Balaban J connectivity index is 1.31. The lowest BCUT2D eigenvalue weighted by molar-refractivity contribution is -0.127. The van der Waals surface area contributed by atoms with Gasteiger partial charge in [0.1, 0.15) is 11.6 Å². The number of nitrogens with zero attached hydrogens (tertiary/aromatic N) is 2. The van der Waals surface area contributed by atoms with Crippen LogP contribution in [0.25, 0.3) is 0 Å². The van der Waals surface area contributed by atoms with Crippen molar-refractivity contribution >= 4 is 23.3 Å². The number of rotatable bonds is 4. The molecular weight excluding hydrogens is 354 g/mol. The van der Waals surface area contributed by atoms with Gasteiger partial charge >= 0.3 is 0 Å². The van der Waals surface area contributed by atoms with E-state index in [-0.39, 0.29) is 5.91 Å². The number of hydrogen-bond donors (Lipinski definition) is 1. The molecule has 2 aliphatic heterocycles. The summed E-state index contributed by atoms with van der Waals surface area (Å²) in [5.41, 5.74) is 1.92. The summed E-state index contributed by atoms with van der Waals surface area (Å²) in [5.74, 6) is 1.54. The molecular formula is C19H20ClN3O3. The summed E-state index contributed by atoms with van der Waals surface area (Å²) < 4.78 is 11.1. The standard InChI is InChI=1S/C19H20ClN3O3/c20-15-2-3-16-14(9-15)10-17(26-16)19(24)22-12-13-1-4-18(21-11-13)23-5-7-25-8-6-23/h1-4,9,11,17H,5-8,10,12H2,(H,22,24). The van der Waals surface area contributed by atoms with E-state index in [4.69, 9.17) is 21.1 Å². The monoisotopic (exact) mass is 373 g/mol. The van der Waals surface area contributed by atoms with E-state index in [0.29, 0.717) is 18.0 Å². The number of morpholine rings is 1. The van der Waals surface area contributed by atoms with E-state index < -0.39 is 6.10 Å². The Labute approximate surface area is 157 Å². The van der Waals surface area contributed by atoms with Crippen LogP contribution in [0.3, 0.4) is 0 Å². The fourth-order valence-corrected chi connectivity index (χ4v) is 3.36. The van der Waals surface area contributed by atoms with Crippen molar-refractivity contribution in [2.75, 3.05) is 31.2 Å². The molecule has 2 aromatic rings. The van der Waals surface area contributed by atoms with Gasteiger partial charge in [0.05, 0.1) is 13.2 Å². The topological polar surface area (TPSA) is 63.7 Å². The molecule has 1 unspecified atom stereocenters. The van der Waals surface area contributed by atoms with Crippen LogP contribution in [0.4, 0.5) is 5.82 Å². The van der Waals surface area contributed by atoms with Crippen molar-refractivity contribution in [3.63, 3.8) is 0 Å². The molecule has 1 saturated heterocycles. The Morgan fingerprint density at radius 3 is 2.88 bits per heavy atom. The zero-order valence-electron chi connectivity index (χ0n) is 14.3. The highest BCUT2D eigenvalue weighted by Crippen LogP contribution is 2.31. The molecule has 4 rings (SSSR count). The normalized spacial score (nSPS) is 19.0. The second kappa shape index (κ2) is 7.51. The van der Waals surface area contributed by atoms with Crippen LogP contribution < -0.4 is 15.0 Å². The number of carbonyl (C=O) groups excluding carboxylic acids is 1. The molecule has 7 heteroatoms. The summed E-state index contributed by atoms with van der Waals surface area (Å²) in [7, 11) is 0. The Hall–Kier alpha value is -2.31. The Morgan fingerprint density at radius 1 is 1.27 bits per heavy atom. The number of nitrogens with one attached hydrogen (secondary N) is 1. The second-order valence-corrected chi connectivity index (χ2v) is 6.84. The summed E-state index contributed by atoms with van der Waals surface area (Å²) in [4.78, 5) is 19.1. The Kier molecular flexibility index (Phi) is 4.95. The number of carbonyl (C=O) groups is 1. The Bertz CT molecular complexity index is 791. The molecule has 1 N–H and O–H groups in total. The lowest BCUT2D eigenvalue weighted by Crippen LogP contribution is -2.37. The fourth-order valence-electron chi connectivity index (χ4n) is 3.17. The van der Waals surface area contributed by atoms with Gasteiger partial charge in [-0.3, -0.25) is 4.79 Å². The van der Waals surface area contributed by atoms with Crippen molar-refractivity contribution in [3.05, 3.63) is 52.7 Å². The smallest absolute Gasteiger partial charge is 0.261 e. The maximum absolute atomic E-state index is 12.4. The number of halogens is 1. The quantitative estimate of drug-likeness (QED) is 0.890. The molecule has 0 bridgehead atoms. The summed E-state index contributed by atoms with van der Waals surface area (Å²) in [5, 5.41) is 3.57. The highest BCUT2D eigenvalue weighted by Gasteiger charge is 2.29. The highest BCUT2D eigenvalue weighted by molar-refractivity contribution is 6.30. The van der Waals surface area contributed by atoms with Crippen LogP contribution in [-0.4, -0.2) is 43.3 Å². The molecule has 0 spiro atoms. The van der Waals surface area contributed by atoms with E-state index in [1.165, 1.54) is 0 Å². The van der Waals surface area contributed by atoms with E-state index in [0.717, 1.165) is 49.0 Å². The van der Waals surface area contributed by atoms with Crippen LogP contribution in [0.5, 0.6) is 5.75 Å². The van der Waals surface area contributed by atoms with E-state index in [1.807, 2.05) is 18.2 Å². The number of pyridine rings is 1. The largest absolute Gasteiger partial charge is 0.480 e. The van der Waals surface area contributed by atoms with E-state index in [9.17, 15) is 4.79 Å². The first-order valence-corrected chi connectivity index (χ1v) is 9.07. The molecule has 26 heavy (non-hydrogen) atoms. The van der Waals surface area contributed by atoms with Crippen molar-refractivity contribution in [2.24, 2.45) is 0 Å². The molecule has 1 amide bonds. The minimum atomic E-state index is -0.510. The molecule has 1 atom stereocenters. The molecule has 1 fully saturated rings. The molecule has 6 nitrogen and oxygen atoms in total. The van der Waals surface area contributed by atoms with Crippen molar-refractivity contribution in [3.8, 4) is 5.75 Å². The van der Waals surface area contributed by atoms with E-state index in [2.05, 4.69) is 15.2 Å². The molecule has 0 saturated carbocycles. The molecule has 1 aromatic heterocycles. The number of aromatic nitrogens is 1. The van der Waals surface area contributed by atoms with Gasteiger partial charge in [0.25, 0.3) is 5.91 Å². The third kappa shape index (κ3) is 3.76. The van der Waals surface area contributed by atoms with Crippen LogP contribution in [0.15, 0.2) is 36.5 Å². The lowest BCUT2D eigenvalue weighted by atomic mass is 10.1. The number of anilines is 1. The van der Waals surface area contributed by atoms with Gasteiger partial charge in [-0.25, -0.2) is 4.98 Å². The van der Waals surface area contributed by atoms with Gasteiger partial charge in [0.15, 0.2) is 6.10 Å². The number of fused-ring (bicyclic) bond motifs is 1. The second-order valence-electron chi connectivity index (χ2n) is 6.40. The molecule has 0 radical (unpaired) electrons. The molecule has 3 heterocycles. The lowest BCUT2D eigenvalue weighted by Gasteiger charge is -2.27. The van der Waals surface area contributed by atoms with Crippen molar-refractivity contribution in [1.82, 2.24) is 10.3 Å². The van der Waals surface area contributed by atoms with Gasteiger partial charge in [0, 0.05) is 37.3 Å². The number of hydrogen-bond acceptors (Lipinski definition) is 5. The van der Waals surface area contributed by atoms with Gasteiger partial charge in [0.2, 0.25) is 0 Å². The third-order valence-corrected chi connectivity index (χ3v) is 4.84. The SMILES string of the molecule is O=C(NCc1ccc(N2CCOCC2)nc1)C1Cc2cc(Cl)ccc2O1. The molecule has 0 aliphatic carbocycles. The maximum Gasteiger partial charge on any atom is 0.261 e. The minimum absolute atomic E-state index is 0.130. The van der Waals surface area contributed by atoms with Crippen LogP contribution in [0, 0.1) is 0 Å². The first kappa shape index (κ1) is 17.1. The first-order valence-electron chi connectivity index (χ1n) is 8.69. The van der Waals surface area contributed by atoms with Crippen LogP contribution >= 0.6 is 11.6 Å². The summed E-state index contributed by atoms with van der Waals surface area (Å²) in [6.07, 6.45) is 1.83. The van der Waals surface area contributed by atoms with E-state index >= 15 is 0 Å². The summed E-state index contributed by atoms with van der Waals surface area (Å²) >= 11 is 5.99. The summed E-state index contributed by atoms with van der Waals surface area (Å²) in [6, 6.07) is 9.39. The fraction of sp³-hybridized carbons (Fsp3) is 0.368. The number of amides is 1. The Morgan fingerprint density at radius 2 is 2.12 bits per heavy atom. The van der Waals surface area contributed by atoms with Crippen molar-refractivity contribution in [2.45, 2.75) is 19.1 Å². The van der Waals surface area contributed by atoms with Gasteiger partial charge in [-0.05, 0) is 35.4 Å². The zero-order valence-corrected chi connectivity index (χ0v) is 15.0. The van der Waals surface area contributed by atoms with Gasteiger partial charge < -0.3 is 19.7 Å². The highest BCUT2D eigenvalue weighted by atomic mass is 35.5. The third-order valence-electron chi connectivity index (χ3n) is 4.60. The number of benzene rings is 1. The van der Waals surface area contributed by atoms with Crippen LogP contribution in [0.1, 0.15) is 11.1 Å². The average Bonchev–Trinajstić information content (AvgIpc) is 3.10. The van der Waals surface area contributed by atoms with Gasteiger partial charge in [-0.15, -0.1) is 0 Å². The average molecular weight is 374 g/mol. The first-order chi connectivity index (χ1) is 12.7. The minimum Gasteiger partial charge on any atom is -0.480 e. The maximum atomic E-state index is 12.4. The zero-order chi connectivity index (χ0) is 17.9. The molecule has 2 aliphatic rings. The molecule has 136 valence electrons. The summed E-state index contributed by atoms with van der Waals surface area (Å²) in [6.45, 7) is 3.59. The predicted molar refractivity (Wildman–Crippen MR) is 98.7 cm³/mol. The van der Waals surface area contributed by atoms with Crippen molar-refractivity contribution < 1.29 is 14.3 Å². The number of ether oxygens (including phenoxy) is 2. The van der Waals surface area contributed by atoms with Gasteiger partial charge in [-0.1, -0.05) is 17.7 Å². The predicted octanol–water partition coefficient (Wildman–Crippen LogP) is 2.19. The van der Waals surface area contributed by atoms with Crippen molar-refractivity contribution in [1.29, 1.82) is 0 Å². The molecule has 1 aromatic carbocycles. The van der Waals surface area contributed by atoms with Crippen LogP contribution in [0.2, 0.25) is 5.02 Å². The van der Waals surface area contributed by atoms with E-state index in [1.54, 1.807) is 18.3 Å². The van der Waals surface area contributed by atoms with Gasteiger partial charge in [-0.2, -0.15) is 0 Å². The van der Waals surface area contributed by atoms with Crippen LogP contribution in [-0.2, 0) is 22.5 Å².